The third-order valence-corrected chi connectivity index (χ3v) is 4.76. The van der Waals surface area contributed by atoms with E-state index in [1.165, 1.54) is 35.0 Å². The van der Waals surface area contributed by atoms with Gasteiger partial charge >= 0.3 is 6.61 Å². The number of alkyl halides is 2. The fraction of sp³-hybridized carbons (Fsp3) is 0.182. The number of nitrogens with zero attached hydrogens (tertiary/aromatic N) is 1. The average molecular weight is 433 g/mol. The summed E-state index contributed by atoms with van der Waals surface area (Å²) in [6, 6.07) is 16.2. The topological polar surface area (TPSA) is 60.3 Å². The lowest BCUT2D eigenvalue weighted by molar-refractivity contribution is -0.0498. The minimum Gasteiger partial charge on any atom is -0.435 e. The van der Waals surface area contributed by atoms with Crippen molar-refractivity contribution in [2.75, 3.05) is 6.54 Å². The number of pyridine rings is 1. The monoisotopic (exact) mass is 432 g/mol. The van der Waals surface area contributed by atoms with Gasteiger partial charge in [0.25, 0.3) is 11.5 Å². The number of ether oxygens (including phenoxy) is 1. The summed E-state index contributed by atoms with van der Waals surface area (Å²) in [4.78, 5) is 24.6. The van der Waals surface area contributed by atoms with Gasteiger partial charge in [0, 0.05) is 23.8 Å². The largest absolute Gasteiger partial charge is 0.435 e. The highest BCUT2D eigenvalue weighted by atomic mass is 35.5. The van der Waals surface area contributed by atoms with Crippen LogP contribution < -0.4 is 15.6 Å². The van der Waals surface area contributed by atoms with Crippen LogP contribution in [0.2, 0.25) is 5.02 Å². The molecule has 0 saturated heterocycles. The molecule has 156 valence electrons. The maximum absolute atomic E-state index is 12.4. The number of amides is 1. The van der Waals surface area contributed by atoms with E-state index in [4.69, 9.17) is 11.6 Å². The summed E-state index contributed by atoms with van der Waals surface area (Å²) in [7, 11) is 0. The number of benzene rings is 2. The van der Waals surface area contributed by atoms with Crippen LogP contribution in [0.15, 0.2) is 71.7 Å². The molecule has 1 heterocycles. The van der Waals surface area contributed by atoms with Crippen LogP contribution in [-0.4, -0.2) is 23.6 Å². The van der Waals surface area contributed by atoms with Gasteiger partial charge in [0.05, 0.1) is 12.1 Å². The number of halogens is 3. The van der Waals surface area contributed by atoms with Crippen molar-refractivity contribution >= 4 is 17.5 Å². The van der Waals surface area contributed by atoms with Crippen LogP contribution in [0, 0.1) is 0 Å². The second-order valence-corrected chi connectivity index (χ2v) is 6.91. The first kappa shape index (κ1) is 21.5. The summed E-state index contributed by atoms with van der Waals surface area (Å²) in [6.07, 6.45) is 2.01. The van der Waals surface area contributed by atoms with Crippen LogP contribution in [0.25, 0.3) is 0 Å². The molecular weight excluding hydrogens is 414 g/mol. The summed E-state index contributed by atoms with van der Waals surface area (Å²) < 4.78 is 30.1. The molecule has 1 amide bonds. The van der Waals surface area contributed by atoms with E-state index in [1.807, 2.05) is 12.1 Å². The molecular formula is C22H19ClF2N2O3. The van der Waals surface area contributed by atoms with Crippen molar-refractivity contribution in [2.45, 2.75) is 19.6 Å². The molecule has 0 aliphatic carbocycles. The summed E-state index contributed by atoms with van der Waals surface area (Å²) in [5.41, 5.74) is 1.75. The predicted molar refractivity (Wildman–Crippen MR) is 110 cm³/mol. The van der Waals surface area contributed by atoms with Gasteiger partial charge in [-0.25, -0.2) is 0 Å². The molecule has 3 rings (SSSR count). The first-order valence-corrected chi connectivity index (χ1v) is 9.56. The third-order valence-electron chi connectivity index (χ3n) is 4.39. The van der Waals surface area contributed by atoms with E-state index in [0.717, 1.165) is 11.1 Å². The normalized spacial score (nSPS) is 10.8. The Morgan fingerprint density at radius 2 is 1.80 bits per heavy atom. The summed E-state index contributed by atoms with van der Waals surface area (Å²) in [5, 5.41) is 3.33. The van der Waals surface area contributed by atoms with Crippen molar-refractivity contribution in [3.63, 3.8) is 0 Å². The number of hydrogen-bond acceptors (Lipinski definition) is 3. The van der Waals surface area contributed by atoms with Crippen LogP contribution in [0.1, 0.15) is 21.5 Å². The standard InChI is InChI=1S/C22H19ClF2N2O3/c23-19-4-2-1-3-16(19)13-27-14-17(7-10-20(27)28)21(29)26-12-11-15-5-8-18(9-6-15)30-22(24)25/h1-10,14,22H,11-13H2,(H,26,29). The first-order valence-electron chi connectivity index (χ1n) is 9.18. The molecule has 8 heteroatoms. The van der Waals surface area contributed by atoms with Gasteiger partial charge in [-0.3, -0.25) is 9.59 Å². The van der Waals surface area contributed by atoms with Crippen LogP contribution in [0.5, 0.6) is 5.75 Å². The number of carbonyl (C=O) groups is 1. The van der Waals surface area contributed by atoms with Crippen molar-refractivity contribution in [1.29, 1.82) is 0 Å². The van der Waals surface area contributed by atoms with E-state index in [2.05, 4.69) is 10.1 Å². The number of carbonyl (C=O) groups excluding carboxylic acids is 1. The molecule has 0 bridgehead atoms. The Kier molecular flexibility index (Phi) is 7.19. The molecule has 0 saturated carbocycles. The van der Waals surface area contributed by atoms with Crippen molar-refractivity contribution in [3.8, 4) is 5.75 Å². The molecule has 1 aromatic heterocycles. The van der Waals surface area contributed by atoms with Gasteiger partial charge in [0.15, 0.2) is 0 Å². The van der Waals surface area contributed by atoms with Crippen LogP contribution in [0.4, 0.5) is 8.78 Å². The van der Waals surface area contributed by atoms with E-state index in [0.29, 0.717) is 23.6 Å². The zero-order valence-electron chi connectivity index (χ0n) is 15.9. The zero-order chi connectivity index (χ0) is 21.5. The number of nitrogens with one attached hydrogen (secondary N) is 1. The molecule has 0 fully saturated rings. The predicted octanol–water partition coefficient (Wildman–Crippen LogP) is 4.12. The summed E-state index contributed by atoms with van der Waals surface area (Å²) in [6.45, 7) is -2.26. The molecule has 2 aromatic carbocycles. The lowest BCUT2D eigenvalue weighted by atomic mass is 10.1. The lowest BCUT2D eigenvalue weighted by Crippen LogP contribution is -2.28. The van der Waals surface area contributed by atoms with E-state index >= 15 is 0 Å². The Balaban J connectivity index is 1.59. The molecule has 0 aliphatic rings. The number of hydrogen-bond donors (Lipinski definition) is 1. The highest BCUT2D eigenvalue weighted by Gasteiger charge is 2.09. The van der Waals surface area contributed by atoms with E-state index in [9.17, 15) is 18.4 Å². The number of rotatable bonds is 8. The van der Waals surface area contributed by atoms with Crippen LogP contribution in [-0.2, 0) is 13.0 Å². The van der Waals surface area contributed by atoms with Gasteiger partial charge in [-0.05, 0) is 41.8 Å². The van der Waals surface area contributed by atoms with E-state index in [-0.39, 0.29) is 23.8 Å². The molecule has 30 heavy (non-hydrogen) atoms. The second kappa shape index (κ2) is 10.0. The lowest BCUT2D eigenvalue weighted by Gasteiger charge is -2.10. The number of aromatic nitrogens is 1. The maximum Gasteiger partial charge on any atom is 0.387 e. The highest BCUT2D eigenvalue weighted by Crippen LogP contribution is 2.16. The average Bonchev–Trinajstić information content (AvgIpc) is 2.72. The zero-order valence-corrected chi connectivity index (χ0v) is 16.6. The second-order valence-electron chi connectivity index (χ2n) is 6.50. The van der Waals surface area contributed by atoms with Gasteiger partial charge < -0.3 is 14.6 Å². The van der Waals surface area contributed by atoms with E-state index in [1.54, 1.807) is 24.3 Å². The Morgan fingerprint density at radius 1 is 1.07 bits per heavy atom. The third kappa shape index (κ3) is 5.90. The van der Waals surface area contributed by atoms with Crippen LogP contribution >= 0.6 is 11.6 Å². The van der Waals surface area contributed by atoms with Gasteiger partial charge in [-0.2, -0.15) is 8.78 Å². The van der Waals surface area contributed by atoms with Crippen molar-refractivity contribution in [3.05, 3.63) is 98.9 Å². The molecule has 0 atom stereocenters. The molecule has 5 nitrogen and oxygen atoms in total. The summed E-state index contributed by atoms with van der Waals surface area (Å²) >= 11 is 6.15. The Bertz CT molecular complexity index is 1070. The maximum atomic E-state index is 12.4. The molecule has 3 aromatic rings. The fourth-order valence-electron chi connectivity index (χ4n) is 2.86. The van der Waals surface area contributed by atoms with Crippen molar-refractivity contribution in [1.82, 2.24) is 9.88 Å². The van der Waals surface area contributed by atoms with Gasteiger partial charge in [0.2, 0.25) is 0 Å². The molecule has 0 spiro atoms. The fourth-order valence-corrected chi connectivity index (χ4v) is 3.05. The van der Waals surface area contributed by atoms with Crippen LogP contribution in [0.3, 0.4) is 0 Å². The van der Waals surface area contributed by atoms with Gasteiger partial charge in [-0.1, -0.05) is 41.9 Å². The smallest absolute Gasteiger partial charge is 0.387 e. The SMILES string of the molecule is O=C(NCCc1ccc(OC(F)F)cc1)c1ccc(=O)n(Cc2ccccc2Cl)c1. The highest BCUT2D eigenvalue weighted by molar-refractivity contribution is 6.31. The minimum atomic E-state index is -2.86. The minimum absolute atomic E-state index is 0.0820. The van der Waals surface area contributed by atoms with Crippen molar-refractivity contribution in [2.24, 2.45) is 0 Å². The van der Waals surface area contributed by atoms with Crippen molar-refractivity contribution < 1.29 is 18.3 Å². The molecule has 0 aliphatic heterocycles. The molecule has 0 radical (unpaired) electrons. The van der Waals surface area contributed by atoms with Gasteiger partial charge in [0.1, 0.15) is 5.75 Å². The Labute approximate surface area is 176 Å². The molecule has 0 unspecified atom stereocenters. The quantitative estimate of drug-likeness (QED) is 0.582. The first-order chi connectivity index (χ1) is 14.4. The molecule has 1 N–H and O–H groups in total. The Hall–Kier alpha value is -3.19. The van der Waals surface area contributed by atoms with Gasteiger partial charge in [-0.15, -0.1) is 0 Å². The van der Waals surface area contributed by atoms with E-state index < -0.39 is 6.61 Å². The Morgan fingerprint density at radius 3 is 2.50 bits per heavy atom. The summed E-state index contributed by atoms with van der Waals surface area (Å²) in [5.74, 6) is -0.237.